The Morgan fingerprint density at radius 3 is 2.82 bits per heavy atom. The summed E-state index contributed by atoms with van der Waals surface area (Å²) in [6.45, 7) is 5.49. The van der Waals surface area contributed by atoms with Gasteiger partial charge in [0.1, 0.15) is 17.7 Å². The van der Waals surface area contributed by atoms with Gasteiger partial charge in [-0.3, -0.25) is 0 Å². The molecule has 0 spiro atoms. The molecule has 1 atom stereocenters. The second kappa shape index (κ2) is 6.75. The molecular formula is C19H20FN5O3. The highest BCUT2D eigenvalue weighted by molar-refractivity contribution is 6.03. The summed E-state index contributed by atoms with van der Waals surface area (Å²) in [6, 6.07) is 6.00. The molecule has 3 heterocycles. The molecule has 1 aliphatic heterocycles. The number of rotatable bonds is 5. The van der Waals surface area contributed by atoms with Gasteiger partial charge in [-0.15, -0.1) is 0 Å². The first kappa shape index (κ1) is 18.2. The molecule has 146 valence electrons. The minimum absolute atomic E-state index is 0.360. The van der Waals surface area contributed by atoms with Crippen LogP contribution in [-0.4, -0.2) is 33.3 Å². The second-order valence-electron chi connectivity index (χ2n) is 6.85. The number of hydrogen-bond acceptors (Lipinski definition) is 7. The average molecular weight is 385 g/mol. The van der Waals surface area contributed by atoms with Crippen molar-refractivity contribution >= 4 is 11.5 Å². The molecule has 0 amide bonds. The molecule has 1 aromatic carbocycles. The van der Waals surface area contributed by atoms with Crippen LogP contribution in [-0.2, 0) is 4.84 Å². The van der Waals surface area contributed by atoms with Crippen molar-refractivity contribution in [1.82, 2.24) is 20.1 Å². The van der Waals surface area contributed by atoms with Crippen molar-refractivity contribution in [3.63, 3.8) is 0 Å². The summed E-state index contributed by atoms with van der Waals surface area (Å²) in [4.78, 5) is 14.4. The minimum atomic E-state index is -0.667. The topological polar surface area (TPSA) is 82.3 Å². The lowest BCUT2D eigenvalue weighted by molar-refractivity contribution is -0.0269. The second-order valence-corrected chi connectivity index (χ2v) is 6.85. The molecule has 0 fully saturated rings. The zero-order chi connectivity index (χ0) is 19.9. The van der Waals surface area contributed by atoms with Crippen LogP contribution in [0.3, 0.4) is 0 Å². The quantitative estimate of drug-likeness (QED) is 0.727. The number of aliphatic imine (C=N–C) groups is 1. The fourth-order valence-electron chi connectivity index (χ4n) is 2.96. The third-order valence-electron chi connectivity index (χ3n) is 4.30. The van der Waals surface area contributed by atoms with Crippen molar-refractivity contribution in [2.75, 3.05) is 7.11 Å². The molecule has 1 N–H and O–H groups in total. The Bertz CT molecular complexity index is 1060. The Morgan fingerprint density at radius 2 is 2.11 bits per heavy atom. The Hall–Kier alpha value is -3.20. The van der Waals surface area contributed by atoms with Gasteiger partial charge in [-0.25, -0.2) is 24.2 Å². The van der Waals surface area contributed by atoms with Crippen LogP contribution in [0, 0.1) is 5.82 Å². The van der Waals surface area contributed by atoms with E-state index < -0.39 is 11.8 Å². The lowest BCUT2D eigenvalue weighted by atomic mass is 10.1. The summed E-state index contributed by atoms with van der Waals surface area (Å²) in [6.07, 6.45) is 2.91. The van der Waals surface area contributed by atoms with Crippen molar-refractivity contribution in [1.29, 1.82) is 0 Å². The summed E-state index contributed by atoms with van der Waals surface area (Å²) < 4.78 is 26.5. The van der Waals surface area contributed by atoms with E-state index in [2.05, 4.69) is 20.6 Å². The molecule has 28 heavy (non-hydrogen) atoms. The van der Waals surface area contributed by atoms with Gasteiger partial charge in [0.25, 0.3) is 0 Å². The molecule has 0 bridgehead atoms. The van der Waals surface area contributed by atoms with Gasteiger partial charge in [-0.2, -0.15) is 10.1 Å². The third-order valence-corrected chi connectivity index (χ3v) is 4.30. The summed E-state index contributed by atoms with van der Waals surface area (Å²) in [5, 5.41) is 4.28. The molecular weight excluding hydrogens is 365 g/mol. The number of amidine groups is 1. The van der Waals surface area contributed by atoms with Gasteiger partial charge in [0.2, 0.25) is 5.88 Å². The standard InChI is InChI=1S/C19H20FN5O3/c1-11(13-9-12(20)5-6-15(13)26-4)27-16-7-8-25-18(22-16)14(10-21-25)17-23-19(2,3)28-24-17/h5-11H,1-4H3,(H,23,24)/t11-/m0/s1. The SMILES string of the molecule is COc1ccc(F)cc1[C@H](C)Oc1ccn2ncc(C3=NC(C)(C)ON3)c2n1. The number of hydrogen-bond donors (Lipinski definition) is 1. The molecule has 0 saturated carbocycles. The largest absolute Gasteiger partial charge is 0.496 e. The van der Waals surface area contributed by atoms with Crippen LogP contribution in [0.15, 0.2) is 41.7 Å². The predicted octanol–water partition coefficient (Wildman–Crippen LogP) is 3.03. The van der Waals surface area contributed by atoms with Gasteiger partial charge in [0.15, 0.2) is 17.2 Å². The maximum atomic E-state index is 13.7. The van der Waals surface area contributed by atoms with E-state index in [-0.39, 0.29) is 5.82 Å². The summed E-state index contributed by atoms with van der Waals surface area (Å²) in [5.41, 5.74) is 3.98. The van der Waals surface area contributed by atoms with Crippen molar-refractivity contribution in [3.8, 4) is 11.6 Å². The molecule has 2 aromatic heterocycles. The minimum Gasteiger partial charge on any atom is -0.496 e. The average Bonchev–Trinajstić information content (AvgIpc) is 3.24. The van der Waals surface area contributed by atoms with E-state index in [0.29, 0.717) is 34.2 Å². The highest BCUT2D eigenvalue weighted by Crippen LogP contribution is 2.29. The van der Waals surface area contributed by atoms with Crippen LogP contribution in [0.2, 0.25) is 0 Å². The highest BCUT2D eigenvalue weighted by atomic mass is 19.1. The van der Waals surface area contributed by atoms with Crippen LogP contribution >= 0.6 is 0 Å². The monoisotopic (exact) mass is 385 g/mol. The number of aromatic nitrogens is 3. The molecule has 0 radical (unpaired) electrons. The predicted molar refractivity (Wildman–Crippen MR) is 99.8 cm³/mol. The van der Waals surface area contributed by atoms with Crippen molar-refractivity contribution in [3.05, 3.63) is 53.6 Å². The van der Waals surface area contributed by atoms with Crippen molar-refractivity contribution < 1.29 is 18.7 Å². The van der Waals surface area contributed by atoms with Crippen LogP contribution < -0.4 is 15.0 Å². The first-order chi connectivity index (χ1) is 13.4. The van der Waals surface area contributed by atoms with Gasteiger partial charge in [-0.1, -0.05) is 0 Å². The van der Waals surface area contributed by atoms with E-state index >= 15 is 0 Å². The number of nitrogens with zero attached hydrogens (tertiary/aromatic N) is 4. The van der Waals surface area contributed by atoms with Crippen LogP contribution in [0.4, 0.5) is 4.39 Å². The maximum Gasteiger partial charge on any atom is 0.217 e. The number of fused-ring (bicyclic) bond motifs is 1. The zero-order valence-corrected chi connectivity index (χ0v) is 15.9. The van der Waals surface area contributed by atoms with Crippen LogP contribution in [0.25, 0.3) is 5.65 Å². The number of nitrogens with one attached hydrogen (secondary N) is 1. The highest BCUT2D eigenvalue weighted by Gasteiger charge is 2.28. The molecule has 8 nitrogen and oxygen atoms in total. The Morgan fingerprint density at radius 1 is 1.29 bits per heavy atom. The number of ether oxygens (including phenoxy) is 2. The van der Waals surface area contributed by atoms with E-state index in [9.17, 15) is 4.39 Å². The lowest BCUT2D eigenvalue weighted by Gasteiger charge is -2.17. The number of methoxy groups -OCH3 is 1. The maximum absolute atomic E-state index is 13.7. The molecule has 3 aromatic rings. The van der Waals surface area contributed by atoms with Gasteiger partial charge in [0, 0.05) is 17.8 Å². The summed E-state index contributed by atoms with van der Waals surface area (Å²) >= 11 is 0. The smallest absolute Gasteiger partial charge is 0.217 e. The van der Waals surface area contributed by atoms with Crippen molar-refractivity contribution in [2.24, 2.45) is 4.99 Å². The third kappa shape index (κ3) is 3.36. The molecule has 9 heteroatoms. The van der Waals surface area contributed by atoms with E-state index in [1.165, 1.54) is 19.2 Å². The number of benzene rings is 1. The summed E-state index contributed by atoms with van der Waals surface area (Å²) in [7, 11) is 1.53. The fourth-order valence-corrected chi connectivity index (χ4v) is 2.96. The number of hydroxylamine groups is 1. The van der Waals surface area contributed by atoms with Gasteiger partial charge in [0.05, 0.1) is 18.9 Å². The van der Waals surface area contributed by atoms with Gasteiger partial charge in [-0.05, 0) is 39.0 Å². The first-order valence-electron chi connectivity index (χ1n) is 8.75. The summed E-state index contributed by atoms with van der Waals surface area (Å²) in [5.74, 6) is 1.10. The van der Waals surface area contributed by atoms with Crippen molar-refractivity contribution in [2.45, 2.75) is 32.6 Å². The Kier molecular flexibility index (Phi) is 4.38. The van der Waals surface area contributed by atoms with Crippen LogP contribution in [0.1, 0.15) is 38.0 Å². The number of halogens is 1. The Balaban J connectivity index is 1.65. The van der Waals surface area contributed by atoms with E-state index in [4.69, 9.17) is 14.3 Å². The normalized spacial score (nSPS) is 16.5. The van der Waals surface area contributed by atoms with Gasteiger partial charge < -0.3 is 9.47 Å². The molecule has 0 saturated heterocycles. The molecule has 1 aliphatic rings. The van der Waals surface area contributed by atoms with E-state index in [1.807, 2.05) is 13.8 Å². The fraction of sp³-hybridized carbons (Fsp3) is 0.316. The van der Waals surface area contributed by atoms with E-state index in [1.54, 1.807) is 36.0 Å². The molecule has 4 rings (SSSR count). The van der Waals surface area contributed by atoms with Gasteiger partial charge >= 0.3 is 0 Å². The Labute approximate surface area is 160 Å². The van der Waals surface area contributed by atoms with E-state index in [0.717, 1.165) is 0 Å². The molecule has 0 unspecified atom stereocenters. The lowest BCUT2D eigenvalue weighted by Crippen LogP contribution is -2.23. The molecule has 0 aliphatic carbocycles. The van der Waals surface area contributed by atoms with Crippen LogP contribution in [0.5, 0.6) is 11.6 Å². The zero-order valence-electron chi connectivity index (χ0n) is 15.9. The first-order valence-corrected chi connectivity index (χ1v) is 8.75.